The smallest absolute Gasteiger partial charge is 0.406 e. The Hall–Kier alpha value is -4.14. The lowest BCUT2D eigenvalue weighted by Crippen LogP contribution is -2.47. The van der Waals surface area contributed by atoms with Crippen LogP contribution in [0.4, 0.5) is 30.7 Å². The Balaban J connectivity index is 1.96. The lowest BCUT2D eigenvalue weighted by atomic mass is 9.85. The van der Waals surface area contributed by atoms with E-state index in [9.17, 15) is 27.1 Å². The lowest BCUT2D eigenvalue weighted by molar-refractivity contribution is -0.274. The minimum atomic E-state index is -4.90. The number of ether oxygens (including phenoxy) is 1. The van der Waals surface area contributed by atoms with E-state index in [1.807, 2.05) is 0 Å². The number of aliphatic imine (C=N–C) groups is 1. The summed E-state index contributed by atoms with van der Waals surface area (Å²) in [6.07, 6.45) is -2.79. The Bertz CT molecular complexity index is 1250. The van der Waals surface area contributed by atoms with Crippen molar-refractivity contribution in [3.8, 4) is 17.0 Å². The molecule has 1 unspecified atom stereocenters. The van der Waals surface area contributed by atoms with E-state index in [4.69, 9.17) is 5.84 Å². The molecule has 0 saturated heterocycles. The Morgan fingerprint density at radius 2 is 1.67 bits per heavy atom. The number of aromatic nitrogens is 2. The van der Waals surface area contributed by atoms with Crippen LogP contribution in [0.3, 0.4) is 0 Å². The first-order valence-electron chi connectivity index (χ1n) is 9.70. The van der Waals surface area contributed by atoms with Gasteiger partial charge in [0.2, 0.25) is 0 Å². The zero-order valence-electron chi connectivity index (χ0n) is 17.8. The fourth-order valence-electron chi connectivity index (χ4n) is 3.10. The van der Waals surface area contributed by atoms with Gasteiger partial charge in [-0.05, 0) is 36.4 Å². The second-order valence-electron chi connectivity index (χ2n) is 7.10. The van der Waals surface area contributed by atoms with Gasteiger partial charge in [0.1, 0.15) is 29.4 Å². The molecule has 0 saturated carbocycles. The number of halogens is 7. The second-order valence-corrected chi connectivity index (χ2v) is 7.10. The first-order valence-corrected chi connectivity index (χ1v) is 9.70. The molecule has 0 aliphatic rings. The molecule has 1 aromatic heterocycles. The van der Waals surface area contributed by atoms with Crippen molar-refractivity contribution in [2.24, 2.45) is 21.2 Å². The van der Waals surface area contributed by atoms with E-state index in [1.54, 1.807) is 0 Å². The summed E-state index contributed by atoms with van der Waals surface area (Å²) in [5.41, 5.74) is -5.26. The zero-order valence-corrected chi connectivity index (χ0v) is 17.8. The van der Waals surface area contributed by atoms with Gasteiger partial charge in [-0.3, -0.25) is 15.0 Å². The van der Waals surface area contributed by atoms with Crippen LogP contribution in [0, 0.1) is 11.6 Å². The molecule has 0 bridgehead atoms. The molecular formula is C21H15F7N6O2. The predicted octanol–water partition coefficient (Wildman–Crippen LogP) is 4.65. The molecule has 0 amide bonds. The minimum Gasteiger partial charge on any atom is -0.406 e. The number of nitrogens with two attached hydrogens (primary N) is 1. The third kappa shape index (κ3) is 5.73. The third-order valence-corrected chi connectivity index (χ3v) is 4.77. The van der Waals surface area contributed by atoms with E-state index in [1.165, 1.54) is 12.1 Å². The van der Waals surface area contributed by atoms with Crippen LogP contribution in [0.2, 0.25) is 0 Å². The summed E-state index contributed by atoms with van der Waals surface area (Å²) in [5.74, 6) is -2.61. The van der Waals surface area contributed by atoms with Gasteiger partial charge < -0.3 is 15.7 Å². The molecule has 0 fully saturated rings. The number of aliphatic hydroxyl groups is 1. The summed E-state index contributed by atoms with van der Waals surface area (Å²) >= 11 is 0. The van der Waals surface area contributed by atoms with Crippen molar-refractivity contribution in [2.75, 3.05) is 6.54 Å². The van der Waals surface area contributed by atoms with Crippen molar-refractivity contribution in [1.82, 2.24) is 9.97 Å². The van der Waals surface area contributed by atoms with Crippen LogP contribution in [-0.2, 0) is 11.5 Å². The molecule has 3 aromatic rings. The number of alkyl halides is 5. The van der Waals surface area contributed by atoms with Crippen LogP contribution in [0.1, 0.15) is 11.3 Å². The Kier molecular flexibility index (Phi) is 7.52. The third-order valence-electron chi connectivity index (χ3n) is 4.77. The second kappa shape index (κ2) is 10.2. The monoisotopic (exact) mass is 516 g/mol. The van der Waals surface area contributed by atoms with Crippen molar-refractivity contribution < 1.29 is 40.6 Å². The molecule has 190 valence electrons. The SMILES string of the molecule is NN=NC=NCC(O)(c1ccc(F)cc1F)C(F)(F)c1cnc(-c2ccc(OC(F)(F)F)cc2)cn1. The van der Waals surface area contributed by atoms with Gasteiger partial charge in [-0.1, -0.05) is 5.22 Å². The highest BCUT2D eigenvalue weighted by Crippen LogP contribution is 2.46. The van der Waals surface area contributed by atoms with E-state index in [2.05, 4.69) is 30.0 Å². The molecule has 3 rings (SSSR count). The molecule has 8 nitrogen and oxygen atoms in total. The van der Waals surface area contributed by atoms with Crippen molar-refractivity contribution >= 4 is 6.34 Å². The number of rotatable bonds is 8. The molecule has 0 radical (unpaired) electrons. The summed E-state index contributed by atoms with van der Waals surface area (Å²) in [6.45, 7) is -1.16. The molecule has 0 spiro atoms. The van der Waals surface area contributed by atoms with Crippen LogP contribution in [0.25, 0.3) is 11.3 Å². The quantitative estimate of drug-likeness (QED) is 0.113. The van der Waals surface area contributed by atoms with Crippen LogP contribution in [0.15, 0.2) is 70.2 Å². The molecule has 3 N–H and O–H groups in total. The van der Waals surface area contributed by atoms with Crippen LogP contribution >= 0.6 is 0 Å². The number of hydrogen-bond acceptors (Lipinski definition) is 6. The van der Waals surface area contributed by atoms with E-state index in [0.717, 1.165) is 18.3 Å². The first kappa shape index (κ1) is 26.5. The van der Waals surface area contributed by atoms with Crippen molar-refractivity contribution in [3.63, 3.8) is 0 Å². The van der Waals surface area contributed by atoms with Gasteiger partial charge in [-0.15, -0.1) is 18.3 Å². The van der Waals surface area contributed by atoms with Gasteiger partial charge >= 0.3 is 12.3 Å². The van der Waals surface area contributed by atoms with E-state index in [0.29, 0.717) is 30.7 Å². The Labute approximate surface area is 198 Å². The van der Waals surface area contributed by atoms with E-state index in [-0.39, 0.29) is 11.3 Å². The van der Waals surface area contributed by atoms with Crippen molar-refractivity contribution in [3.05, 3.63) is 77.8 Å². The zero-order chi connectivity index (χ0) is 26.6. The summed E-state index contributed by atoms with van der Waals surface area (Å²) < 4.78 is 99.5. The Morgan fingerprint density at radius 3 is 2.22 bits per heavy atom. The van der Waals surface area contributed by atoms with Gasteiger partial charge in [0.15, 0.2) is 5.60 Å². The highest BCUT2D eigenvalue weighted by atomic mass is 19.4. The van der Waals surface area contributed by atoms with Gasteiger partial charge in [-0.25, -0.2) is 8.78 Å². The van der Waals surface area contributed by atoms with E-state index < -0.39 is 53.1 Å². The first-order chi connectivity index (χ1) is 16.9. The van der Waals surface area contributed by atoms with Gasteiger partial charge in [0.25, 0.3) is 0 Å². The van der Waals surface area contributed by atoms with Gasteiger partial charge in [-0.2, -0.15) is 8.78 Å². The Morgan fingerprint density at radius 1 is 0.972 bits per heavy atom. The van der Waals surface area contributed by atoms with Crippen molar-refractivity contribution in [2.45, 2.75) is 17.9 Å². The van der Waals surface area contributed by atoms with Crippen LogP contribution in [-0.4, -0.2) is 34.3 Å². The largest absolute Gasteiger partial charge is 0.573 e. The molecular weight excluding hydrogens is 501 g/mol. The topological polar surface area (TPSA) is 118 Å². The standard InChI is InChI=1S/C21H15F7N6O2/c22-13-3-6-15(16(23)7-13)19(35,10-30-11-33-34-29)20(24,25)18-9-31-17(8-32-18)12-1-4-14(5-2-12)36-21(26,27)28/h1-9,11,35H,10H2,(H2,29,30,33). The number of hydrogen-bond donors (Lipinski definition) is 2. The maximum absolute atomic E-state index is 15.5. The predicted molar refractivity (Wildman–Crippen MR) is 111 cm³/mol. The summed E-state index contributed by atoms with van der Waals surface area (Å²) in [5, 5.41) is 16.9. The minimum absolute atomic E-state index is 0.00834. The highest BCUT2D eigenvalue weighted by Gasteiger charge is 2.57. The average Bonchev–Trinajstić information content (AvgIpc) is 2.81. The highest BCUT2D eigenvalue weighted by molar-refractivity contribution is 5.59. The molecule has 0 aliphatic heterocycles. The van der Waals surface area contributed by atoms with Crippen LogP contribution < -0.4 is 10.6 Å². The fourth-order valence-corrected chi connectivity index (χ4v) is 3.10. The van der Waals surface area contributed by atoms with Gasteiger partial charge in [0.05, 0.1) is 24.6 Å². The van der Waals surface area contributed by atoms with E-state index >= 15 is 8.78 Å². The summed E-state index contributed by atoms with van der Waals surface area (Å²) in [4.78, 5) is 10.9. The number of nitrogens with zero attached hydrogens (tertiary/aromatic N) is 5. The average molecular weight is 516 g/mol. The van der Waals surface area contributed by atoms with Crippen LogP contribution in [0.5, 0.6) is 5.75 Å². The number of benzene rings is 2. The molecule has 1 atom stereocenters. The lowest BCUT2D eigenvalue weighted by Gasteiger charge is -2.34. The molecule has 36 heavy (non-hydrogen) atoms. The van der Waals surface area contributed by atoms with Crippen molar-refractivity contribution in [1.29, 1.82) is 0 Å². The fraction of sp³-hybridized carbons (Fsp3) is 0.190. The maximum atomic E-state index is 15.5. The molecule has 1 heterocycles. The van der Waals surface area contributed by atoms with Gasteiger partial charge in [0, 0.05) is 17.2 Å². The normalized spacial score (nSPS) is 14.3. The maximum Gasteiger partial charge on any atom is 0.573 e. The molecule has 15 heteroatoms. The summed E-state index contributed by atoms with van der Waals surface area (Å²) in [7, 11) is 0. The molecule has 2 aromatic carbocycles. The molecule has 0 aliphatic carbocycles. The summed E-state index contributed by atoms with van der Waals surface area (Å²) in [6, 6.07) is 5.95.